The number of guanidine groups is 1. The molecule has 0 spiro atoms. The van der Waals surface area contributed by atoms with Crippen molar-refractivity contribution in [2.24, 2.45) is 18.0 Å². The van der Waals surface area contributed by atoms with Gasteiger partial charge in [0, 0.05) is 52.6 Å². The molecule has 1 aliphatic carbocycles. The fourth-order valence-corrected chi connectivity index (χ4v) is 2.06. The van der Waals surface area contributed by atoms with E-state index in [1.54, 1.807) is 7.05 Å². The van der Waals surface area contributed by atoms with Gasteiger partial charge in [0.2, 0.25) is 0 Å². The molecule has 1 aliphatic rings. The van der Waals surface area contributed by atoms with Crippen LogP contribution in [0.25, 0.3) is 0 Å². The largest absolute Gasteiger partial charge is 0.379 e. The summed E-state index contributed by atoms with van der Waals surface area (Å²) in [5, 5.41) is 7.49. The average Bonchev–Trinajstić information content (AvgIpc) is 3.16. The van der Waals surface area contributed by atoms with Gasteiger partial charge in [0.25, 0.3) is 0 Å². The van der Waals surface area contributed by atoms with Gasteiger partial charge in [-0.1, -0.05) is 0 Å². The molecule has 2 rings (SSSR count). The Labute approximate surface area is 120 Å². The molecule has 1 N–H and O–H groups in total. The third-order valence-electron chi connectivity index (χ3n) is 3.33. The molecule has 0 unspecified atom stereocenters. The third kappa shape index (κ3) is 4.85. The van der Waals surface area contributed by atoms with Crippen molar-refractivity contribution >= 4 is 5.96 Å². The Morgan fingerprint density at radius 1 is 1.60 bits per heavy atom. The molecule has 0 atom stereocenters. The molecule has 0 amide bonds. The van der Waals surface area contributed by atoms with Crippen LogP contribution in [0.5, 0.6) is 0 Å². The van der Waals surface area contributed by atoms with Crippen molar-refractivity contribution in [2.75, 3.05) is 33.9 Å². The van der Waals surface area contributed by atoms with Crippen LogP contribution in [0.4, 0.5) is 0 Å². The Hall–Kier alpha value is -1.56. The van der Waals surface area contributed by atoms with Crippen molar-refractivity contribution in [1.29, 1.82) is 0 Å². The lowest BCUT2D eigenvalue weighted by Crippen LogP contribution is -2.39. The minimum Gasteiger partial charge on any atom is -0.379 e. The molecule has 0 saturated heterocycles. The summed E-state index contributed by atoms with van der Waals surface area (Å²) in [6.45, 7) is 3.22. The molecule has 0 aliphatic heterocycles. The van der Waals surface area contributed by atoms with Crippen LogP contribution < -0.4 is 5.32 Å². The number of hydrogen-bond acceptors (Lipinski definition) is 3. The Kier molecular flexibility index (Phi) is 5.40. The monoisotopic (exact) mass is 279 g/mol. The summed E-state index contributed by atoms with van der Waals surface area (Å²) in [5.74, 6) is 1.70. The van der Waals surface area contributed by atoms with Gasteiger partial charge in [0.05, 0.1) is 12.8 Å². The second kappa shape index (κ2) is 7.28. The summed E-state index contributed by atoms with van der Waals surface area (Å²) in [7, 11) is 5.74. The second-order valence-electron chi connectivity index (χ2n) is 5.37. The Bertz CT molecular complexity index is 439. The minimum absolute atomic E-state index is 0.732. The highest BCUT2D eigenvalue weighted by Crippen LogP contribution is 2.28. The van der Waals surface area contributed by atoms with E-state index in [1.165, 1.54) is 18.4 Å². The van der Waals surface area contributed by atoms with Gasteiger partial charge in [-0.15, -0.1) is 0 Å². The first-order chi connectivity index (χ1) is 9.69. The van der Waals surface area contributed by atoms with Crippen LogP contribution in [-0.4, -0.2) is 54.5 Å². The fraction of sp³-hybridized carbons (Fsp3) is 0.714. The minimum atomic E-state index is 0.732. The maximum atomic E-state index is 5.60. The number of rotatable bonds is 7. The lowest BCUT2D eigenvalue weighted by molar-refractivity contribution is 0.128. The molecule has 112 valence electrons. The highest BCUT2D eigenvalue weighted by Gasteiger charge is 2.20. The number of aliphatic imine (C=N–C) groups is 1. The first-order valence-electron chi connectivity index (χ1n) is 7.16. The molecule has 0 bridgehead atoms. The molecule has 6 heteroatoms. The van der Waals surface area contributed by atoms with Crippen LogP contribution in [0, 0.1) is 5.92 Å². The van der Waals surface area contributed by atoms with Crippen LogP contribution in [-0.2, 0) is 18.3 Å². The van der Waals surface area contributed by atoms with Crippen LogP contribution in [0.3, 0.4) is 0 Å². The quantitative estimate of drug-likeness (QED) is 0.457. The molecule has 1 saturated carbocycles. The van der Waals surface area contributed by atoms with Crippen molar-refractivity contribution < 1.29 is 4.74 Å². The van der Waals surface area contributed by atoms with Crippen LogP contribution >= 0.6 is 0 Å². The molecular weight excluding hydrogens is 254 g/mol. The predicted molar refractivity (Wildman–Crippen MR) is 79.6 cm³/mol. The van der Waals surface area contributed by atoms with E-state index in [-0.39, 0.29) is 0 Å². The number of nitrogens with zero attached hydrogens (tertiary/aromatic N) is 4. The van der Waals surface area contributed by atoms with Crippen LogP contribution in [0.2, 0.25) is 0 Å². The maximum absolute atomic E-state index is 5.60. The van der Waals surface area contributed by atoms with E-state index in [0.29, 0.717) is 0 Å². The van der Waals surface area contributed by atoms with Gasteiger partial charge in [-0.2, -0.15) is 5.10 Å². The van der Waals surface area contributed by atoms with Crippen molar-refractivity contribution in [2.45, 2.75) is 19.4 Å². The molecule has 6 nitrogen and oxygen atoms in total. The van der Waals surface area contributed by atoms with Gasteiger partial charge in [0.15, 0.2) is 5.96 Å². The first kappa shape index (κ1) is 14.8. The number of aromatic nitrogens is 2. The zero-order chi connectivity index (χ0) is 14.4. The van der Waals surface area contributed by atoms with E-state index in [9.17, 15) is 0 Å². The molecule has 1 aromatic heterocycles. The third-order valence-corrected chi connectivity index (χ3v) is 3.33. The smallest absolute Gasteiger partial charge is 0.193 e. The standard InChI is InChI=1S/C14H25N5O/c1-15-14(16-6-7-20-11-12-4-5-12)18(2)9-13-8-17-19(3)10-13/h8,10,12H,4-7,9,11H2,1-3H3,(H,15,16). The average molecular weight is 279 g/mol. The predicted octanol–water partition coefficient (Wildman–Crippen LogP) is 0.854. The normalized spacial score (nSPS) is 15.4. The van der Waals surface area contributed by atoms with Gasteiger partial charge in [-0.3, -0.25) is 9.67 Å². The summed E-state index contributed by atoms with van der Waals surface area (Å²) < 4.78 is 7.42. The number of nitrogens with one attached hydrogen (secondary N) is 1. The summed E-state index contributed by atoms with van der Waals surface area (Å²) in [6.07, 6.45) is 6.57. The maximum Gasteiger partial charge on any atom is 0.193 e. The van der Waals surface area contributed by atoms with Crippen molar-refractivity contribution in [1.82, 2.24) is 20.0 Å². The van der Waals surface area contributed by atoms with Gasteiger partial charge in [-0.05, 0) is 18.8 Å². The Balaban J connectivity index is 1.66. The van der Waals surface area contributed by atoms with Crippen molar-refractivity contribution in [3.63, 3.8) is 0 Å². The number of aryl methyl sites for hydroxylation is 1. The Morgan fingerprint density at radius 2 is 2.40 bits per heavy atom. The second-order valence-corrected chi connectivity index (χ2v) is 5.37. The molecule has 0 radical (unpaired) electrons. The van der Waals surface area contributed by atoms with Gasteiger partial charge in [-0.25, -0.2) is 0 Å². The summed E-state index contributed by atoms with van der Waals surface area (Å²) in [5.41, 5.74) is 1.17. The number of ether oxygens (including phenoxy) is 1. The van der Waals surface area contributed by atoms with Crippen molar-refractivity contribution in [3.05, 3.63) is 18.0 Å². The van der Waals surface area contributed by atoms with Gasteiger partial charge < -0.3 is 15.0 Å². The van der Waals surface area contributed by atoms with Gasteiger partial charge in [0.1, 0.15) is 0 Å². The summed E-state index contributed by atoms with van der Waals surface area (Å²) in [4.78, 5) is 6.37. The Morgan fingerprint density at radius 3 is 3.00 bits per heavy atom. The van der Waals surface area contributed by atoms with E-state index >= 15 is 0 Å². The van der Waals surface area contributed by atoms with E-state index in [4.69, 9.17) is 4.74 Å². The van der Waals surface area contributed by atoms with Crippen LogP contribution in [0.1, 0.15) is 18.4 Å². The molecular formula is C14H25N5O. The molecule has 1 heterocycles. The topological polar surface area (TPSA) is 54.7 Å². The first-order valence-corrected chi connectivity index (χ1v) is 7.16. The van der Waals surface area contributed by atoms with Crippen molar-refractivity contribution in [3.8, 4) is 0 Å². The van der Waals surface area contributed by atoms with Gasteiger partial charge >= 0.3 is 0 Å². The highest BCUT2D eigenvalue weighted by atomic mass is 16.5. The SMILES string of the molecule is CN=C(NCCOCC1CC1)N(C)Cc1cnn(C)c1. The van der Waals surface area contributed by atoms with E-state index in [0.717, 1.165) is 38.2 Å². The lowest BCUT2D eigenvalue weighted by atomic mass is 10.3. The van der Waals surface area contributed by atoms with E-state index in [1.807, 2.05) is 31.2 Å². The van der Waals surface area contributed by atoms with E-state index in [2.05, 4.69) is 20.3 Å². The molecule has 20 heavy (non-hydrogen) atoms. The van der Waals surface area contributed by atoms with Crippen LogP contribution in [0.15, 0.2) is 17.4 Å². The summed E-state index contributed by atoms with van der Waals surface area (Å²) in [6, 6.07) is 0. The van der Waals surface area contributed by atoms with E-state index < -0.39 is 0 Å². The summed E-state index contributed by atoms with van der Waals surface area (Å²) >= 11 is 0. The molecule has 0 aromatic carbocycles. The molecule has 1 aromatic rings. The highest BCUT2D eigenvalue weighted by molar-refractivity contribution is 5.79. The lowest BCUT2D eigenvalue weighted by Gasteiger charge is -2.21. The number of hydrogen-bond donors (Lipinski definition) is 1. The molecule has 1 fully saturated rings. The zero-order valence-corrected chi connectivity index (χ0v) is 12.7. The fourth-order valence-electron chi connectivity index (χ4n) is 2.06. The zero-order valence-electron chi connectivity index (χ0n) is 12.7.